The van der Waals surface area contributed by atoms with E-state index < -0.39 is 6.17 Å². The van der Waals surface area contributed by atoms with E-state index in [4.69, 9.17) is 0 Å². The van der Waals surface area contributed by atoms with Crippen LogP contribution in [0.3, 0.4) is 0 Å². The number of aromatic nitrogens is 2. The lowest BCUT2D eigenvalue weighted by Gasteiger charge is -2.03. The van der Waals surface area contributed by atoms with Gasteiger partial charge in [0.25, 0.3) is 5.56 Å². The van der Waals surface area contributed by atoms with E-state index in [1.165, 1.54) is 0 Å². The molecule has 0 amide bonds. The maximum atomic E-state index is 13.0. The third-order valence-corrected chi connectivity index (χ3v) is 3.34. The molecule has 1 heterocycles. The van der Waals surface area contributed by atoms with Crippen molar-refractivity contribution in [3.05, 3.63) is 38.7 Å². The smallest absolute Gasteiger partial charge is 0.267 e. The van der Waals surface area contributed by atoms with Crippen molar-refractivity contribution < 1.29 is 4.39 Å². The van der Waals surface area contributed by atoms with Crippen molar-refractivity contribution in [2.75, 3.05) is 0 Å². The highest BCUT2D eigenvalue weighted by atomic mass is 79.9. The first-order valence-corrected chi connectivity index (χ1v) is 5.78. The molecule has 1 aromatic carbocycles. The van der Waals surface area contributed by atoms with E-state index in [0.29, 0.717) is 17.5 Å². The first kappa shape index (κ1) is 9.96. The van der Waals surface area contributed by atoms with Crippen LogP contribution < -0.4 is 5.56 Å². The number of nitrogens with zero attached hydrogens (tertiary/aromatic N) is 1. The van der Waals surface area contributed by atoms with Crippen LogP contribution in [-0.4, -0.2) is 16.4 Å². The van der Waals surface area contributed by atoms with Crippen molar-refractivity contribution in [2.24, 2.45) is 0 Å². The van der Waals surface area contributed by atoms with Gasteiger partial charge in [-0.15, -0.1) is 0 Å². The molecule has 3 rings (SSSR count). The molecule has 2 atom stereocenters. The predicted molar refractivity (Wildman–Crippen MR) is 62.3 cm³/mol. The minimum atomic E-state index is -0.819. The Morgan fingerprint density at radius 2 is 2.19 bits per heavy atom. The van der Waals surface area contributed by atoms with Crippen LogP contribution in [0.25, 0.3) is 10.8 Å². The number of halogens is 2. The molecule has 2 unspecified atom stereocenters. The van der Waals surface area contributed by atoms with Gasteiger partial charge in [-0.3, -0.25) is 4.79 Å². The molecule has 0 spiro atoms. The van der Waals surface area contributed by atoms with Gasteiger partial charge in [0.05, 0.1) is 11.1 Å². The minimum absolute atomic E-state index is 0.159. The Balaban J connectivity index is 2.33. The lowest BCUT2D eigenvalue weighted by atomic mass is 10.1. The van der Waals surface area contributed by atoms with Gasteiger partial charge in [0.15, 0.2) is 0 Å². The van der Waals surface area contributed by atoms with Crippen molar-refractivity contribution >= 4 is 26.7 Å². The van der Waals surface area contributed by atoms with E-state index >= 15 is 0 Å². The van der Waals surface area contributed by atoms with Gasteiger partial charge in [-0.2, -0.15) is 5.10 Å². The summed E-state index contributed by atoms with van der Waals surface area (Å²) >= 11 is 3.34. The molecule has 1 N–H and O–H groups in total. The predicted octanol–water partition coefficient (Wildman–Crippen LogP) is 2.51. The van der Waals surface area contributed by atoms with E-state index in [1.54, 1.807) is 12.1 Å². The summed E-state index contributed by atoms with van der Waals surface area (Å²) in [5.74, 6) is -0.159. The average Bonchev–Trinajstić information content (AvgIpc) is 2.95. The zero-order chi connectivity index (χ0) is 11.3. The summed E-state index contributed by atoms with van der Waals surface area (Å²) < 4.78 is 13.9. The highest BCUT2D eigenvalue weighted by Crippen LogP contribution is 2.44. The molecular weight excluding hydrogens is 275 g/mol. The Morgan fingerprint density at radius 3 is 2.88 bits per heavy atom. The first-order chi connectivity index (χ1) is 7.66. The fourth-order valence-corrected chi connectivity index (χ4v) is 2.25. The van der Waals surface area contributed by atoms with Gasteiger partial charge >= 0.3 is 0 Å². The summed E-state index contributed by atoms with van der Waals surface area (Å²) in [5, 5.41) is 7.68. The van der Waals surface area contributed by atoms with Gasteiger partial charge in [-0.05, 0) is 24.6 Å². The summed E-state index contributed by atoms with van der Waals surface area (Å²) in [6, 6.07) is 5.33. The average molecular weight is 283 g/mol. The van der Waals surface area contributed by atoms with E-state index in [0.717, 1.165) is 9.86 Å². The number of rotatable bonds is 1. The van der Waals surface area contributed by atoms with E-state index in [-0.39, 0.29) is 11.5 Å². The molecule has 2 aromatic rings. The Morgan fingerprint density at radius 1 is 1.44 bits per heavy atom. The molecule has 16 heavy (non-hydrogen) atoms. The minimum Gasteiger partial charge on any atom is -0.267 e. The lowest BCUT2D eigenvalue weighted by Crippen LogP contribution is -2.10. The summed E-state index contributed by atoms with van der Waals surface area (Å²) in [4.78, 5) is 11.5. The van der Waals surface area contributed by atoms with Crippen LogP contribution in [-0.2, 0) is 0 Å². The molecule has 1 fully saturated rings. The highest BCUT2D eigenvalue weighted by Gasteiger charge is 2.41. The van der Waals surface area contributed by atoms with Crippen molar-refractivity contribution in [2.45, 2.75) is 18.5 Å². The molecule has 0 aliphatic heterocycles. The van der Waals surface area contributed by atoms with Crippen LogP contribution in [0.15, 0.2) is 27.5 Å². The molecule has 5 heteroatoms. The van der Waals surface area contributed by atoms with Crippen LogP contribution in [0.2, 0.25) is 0 Å². The summed E-state index contributed by atoms with van der Waals surface area (Å²) in [7, 11) is 0. The second kappa shape index (κ2) is 3.38. The quantitative estimate of drug-likeness (QED) is 0.874. The topological polar surface area (TPSA) is 45.8 Å². The Bertz CT molecular complexity index is 625. The van der Waals surface area contributed by atoms with E-state index in [9.17, 15) is 9.18 Å². The molecular formula is C11H8BrFN2O. The number of benzene rings is 1. The number of nitrogens with one attached hydrogen (secondary N) is 1. The van der Waals surface area contributed by atoms with Crippen LogP contribution in [0.5, 0.6) is 0 Å². The molecule has 82 valence electrons. The normalized spacial score (nSPS) is 23.6. The van der Waals surface area contributed by atoms with Crippen LogP contribution in [0.4, 0.5) is 4.39 Å². The zero-order valence-corrected chi connectivity index (χ0v) is 9.79. The van der Waals surface area contributed by atoms with Gasteiger partial charge in [0.1, 0.15) is 6.17 Å². The van der Waals surface area contributed by atoms with Crippen molar-refractivity contribution in [3.8, 4) is 0 Å². The molecule has 3 nitrogen and oxygen atoms in total. The Kier molecular flexibility index (Phi) is 2.10. The van der Waals surface area contributed by atoms with Crippen LogP contribution in [0, 0.1) is 0 Å². The van der Waals surface area contributed by atoms with Gasteiger partial charge in [-0.1, -0.05) is 15.9 Å². The highest BCUT2D eigenvalue weighted by molar-refractivity contribution is 9.10. The zero-order valence-electron chi connectivity index (χ0n) is 8.21. The number of hydrogen-bond donors (Lipinski definition) is 1. The second-order valence-corrected chi connectivity index (χ2v) is 4.90. The van der Waals surface area contributed by atoms with Gasteiger partial charge in [0.2, 0.25) is 0 Å². The number of hydrogen-bond acceptors (Lipinski definition) is 2. The van der Waals surface area contributed by atoms with E-state index in [1.807, 2.05) is 6.07 Å². The maximum Gasteiger partial charge on any atom is 0.272 e. The SMILES string of the molecule is O=c1[nH]nc(C2CC2F)c2cc(Br)ccc12. The fourth-order valence-electron chi connectivity index (χ4n) is 1.89. The van der Waals surface area contributed by atoms with Crippen LogP contribution in [0.1, 0.15) is 18.0 Å². The first-order valence-electron chi connectivity index (χ1n) is 4.99. The molecule has 1 aromatic heterocycles. The van der Waals surface area contributed by atoms with Gasteiger partial charge in [0, 0.05) is 15.8 Å². The lowest BCUT2D eigenvalue weighted by molar-refractivity contribution is 0.466. The number of aromatic amines is 1. The molecule has 0 bridgehead atoms. The number of alkyl halides is 1. The molecule has 0 radical (unpaired) electrons. The standard InChI is InChI=1S/C11H8BrFN2O/c12-5-1-2-6-7(3-5)10(8-4-9(8)13)14-15-11(6)16/h1-3,8-9H,4H2,(H,15,16). The Labute approximate surface area is 98.8 Å². The van der Waals surface area contributed by atoms with Gasteiger partial charge < -0.3 is 0 Å². The van der Waals surface area contributed by atoms with E-state index in [2.05, 4.69) is 26.1 Å². The fraction of sp³-hybridized carbons (Fsp3) is 0.273. The molecule has 1 saturated carbocycles. The van der Waals surface area contributed by atoms with Crippen molar-refractivity contribution in [1.82, 2.24) is 10.2 Å². The number of fused-ring (bicyclic) bond motifs is 1. The third-order valence-electron chi connectivity index (χ3n) is 2.84. The summed E-state index contributed by atoms with van der Waals surface area (Å²) in [5.41, 5.74) is 0.422. The molecule has 1 aliphatic rings. The number of H-pyrrole nitrogens is 1. The third kappa shape index (κ3) is 1.46. The van der Waals surface area contributed by atoms with Crippen molar-refractivity contribution in [3.63, 3.8) is 0 Å². The monoisotopic (exact) mass is 282 g/mol. The molecule has 1 aliphatic carbocycles. The van der Waals surface area contributed by atoms with Crippen molar-refractivity contribution in [1.29, 1.82) is 0 Å². The largest absolute Gasteiger partial charge is 0.272 e. The maximum absolute atomic E-state index is 13.0. The summed E-state index contributed by atoms with van der Waals surface area (Å²) in [6.07, 6.45) is -0.318. The Hall–Kier alpha value is -1.23. The second-order valence-electron chi connectivity index (χ2n) is 3.99. The van der Waals surface area contributed by atoms with Crippen LogP contribution >= 0.6 is 15.9 Å². The molecule has 0 saturated heterocycles. The van der Waals surface area contributed by atoms with Gasteiger partial charge in [-0.25, -0.2) is 9.49 Å². The summed E-state index contributed by atoms with van der Waals surface area (Å²) in [6.45, 7) is 0.